The first-order valence-corrected chi connectivity index (χ1v) is 5.57. The van der Waals surface area contributed by atoms with Crippen molar-refractivity contribution in [2.75, 3.05) is 20.1 Å². The number of benzene rings is 1. The van der Waals surface area contributed by atoms with Gasteiger partial charge in [0, 0.05) is 19.5 Å². The van der Waals surface area contributed by atoms with Gasteiger partial charge in [-0.05, 0) is 31.7 Å². The van der Waals surface area contributed by atoms with E-state index >= 15 is 0 Å². The highest BCUT2D eigenvalue weighted by atomic mass is 16.5. The van der Waals surface area contributed by atoms with E-state index < -0.39 is 0 Å². The summed E-state index contributed by atoms with van der Waals surface area (Å²) in [5.41, 5.74) is 1.03. The average molecular weight is 219 g/mol. The lowest BCUT2D eigenvalue weighted by Gasteiger charge is -2.36. The third-order valence-electron chi connectivity index (χ3n) is 2.68. The number of carbonyl (C=O) groups is 1. The summed E-state index contributed by atoms with van der Waals surface area (Å²) in [6, 6.07) is 7.80. The fourth-order valence-electron chi connectivity index (χ4n) is 1.92. The quantitative estimate of drug-likeness (QED) is 0.768. The van der Waals surface area contributed by atoms with Crippen LogP contribution in [-0.2, 0) is 11.2 Å². The number of likely N-dealkylation sites (N-methyl/N-ethyl adjacent to an activating group) is 1. The van der Waals surface area contributed by atoms with Crippen LogP contribution in [0.15, 0.2) is 24.3 Å². The van der Waals surface area contributed by atoms with E-state index in [9.17, 15) is 4.79 Å². The highest BCUT2D eigenvalue weighted by Gasteiger charge is 2.24. The average Bonchev–Trinajstić information content (AvgIpc) is 2.15. The molecule has 86 valence electrons. The molecular weight excluding hydrogens is 202 g/mol. The lowest BCUT2D eigenvalue weighted by Crippen LogP contribution is -2.51. The van der Waals surface area contributed by atoms with E-state index in [4.69, 9.17) is 4.74 Å². The number of rotatable bonds is 4. The SMILES string of the molecule is CC(=O)Cc1cccc(OC2CN(C)C2)c1. The van der Waals surface area contributed by atoms with Crippen LogP contribution in [-0.4, -0.2) is 36.9 Å². The second-order valence-corrected chi connectivity index (χ2v) is 4.49. The number of likely N-dealkylation sites (tertiary alicyclic amines) is 1. The Bertz CT molecular complexity index is 383. The van der Waals surface area contributed by atoms with Crippen molar-refractivity contribution in [2.24, 2.45) is 0 Å². The Labute approximate surface area is 96.0 Å². The molecule has 0 atom stereocenters. The molecule has 1 aliphatic heterocycles. The van der Waals surface area contributed by atoms with Crippen LogP contribution in [0.25, 0.3) is 0 Å². The Morgan fingerprint density at radius 1 is 1.50 bits per heavy atom. The zero-order valence-corrected chi connectivity index (χ0v) is 9.77. The van der Waals surface area contributed by atoms with Gasteiger partial charge in [-0.3, -0.25) is 9.69 Å². The van der Waals surface area contributed by atoms with Crippen molar-refractivity contribution in [3.8, 4) is 5.75 Å². The van der Waals surface area contributed by atoms with Gasteiger partial charge in [0.05, 0.1) is 0 Å². The minimum atomic E-state index is 0.181. The fraction of sp³-hybridized carbons (Fsp3) is 0.462. The van der Waals surface area contributed by atoms with Crippen LogP contribution in [0.1, 0.15) is 12.5 Å². The smallest absolute Gasteiger partial charge is 0.134 e. The van der Waals surface area contributed by atoms with Crippen molar-refractivity contribution in [2.45, 2.75) is 19.4 Å². The Hall–Kier alpha value is -1.35. The molecule has 1 saturated heterocycles. The molecule has 1 fully saturated rings. The molecule has 0 bridgehead atoms. The van der Waals surface area contributed by atoms with Gasteiger partial charge in [0.15, 0.2) is 0 Å². The van der Waals surface area contributed by atoms with Crippen LogP contribution in [0.2, 0.25) is 0 Å². The fourth-order valence-corrected chi connectivity index (χ4v) is 1.92. The molecule has 0 unspecified atom stereocenters. The molecule has 2 rings (SSSR count). The molecule has 0 saturated carbocycles. The highest BCUT2D eigenvalue weighted by molar-refractivity contribution is 5.78. The highest BCUT2D eigenvalue weighted by Crippen LogP contribution is 2.18. The summed E-state index contributed by atoms with van der Waals surface area (Å²) in [4.78, 5) is 13.2. The van der Waals surface area contributed by atoms with Gasteiger partial charge in [0.1, 0.15) is 17.6 Å². The van der Waals surface area contributed by atoms with E-state index in [1.807, 2.05) is 24.3 Å². The maximum Gasteiger partial charge on any atom is 0.134 e. The topological polar surface area (TPSA) is 29.5 Å². The second-order valence-electron chi connectivity index (χ2n) is 4.49. The number of carbonyl (C=O) groups excluding carboxylic acids is 1. The normalized spacial score (nSPS) is 16.9. The predicted octanol–water partition coefficient (Wildman–Crippen LogP) is 1.51. The first kappa shape index (κ1) is 11.1. The van der Waals surface area contributed by atoms with E-state index in [0.717, 1.165) is 24.4 Å². The molecule has 0 radical (unpaired) electrons. The maximum atomic E-state index is 11.0. The van der Waals surface area contributed by atoms with Gasteiger partial charge in [0.2, 0.25) is 0 Å². The molecule has 1 aliphatic rings. The van der Waals surface area contributed by atoms with Crippen LogP contribution in [0.5, 0.6) is 5.75 Å². The minimum absolute atomic E-state index is 0.181. The molecule has 3 nitrogen and oxygen atoms in total. The van der Waals surface area contributed by atoms with E-state index in [1.54, 1.807) is 6.92 Å². The Morgan fingerprint density at radius 2 is 2.25 bits per heavy atom. The summed E-state index contributed by atoms with van der Waals surface area (Å²) < 4.78 is 5.79. The summed E-state index contributed by atoms with van der Waals surface area (Å²) in [6.07, 6.45) is 0.791. The maximum absolute atomic E-state index is 11.0. The first-order valence-electron chi connectivity index (χ1n) is 5.57. The summed E-state index contributed by atoms with van der Waals surface area (Å²) >= 11 is 0. The number of Topliss-reactive ketones (excluding diaryl/α,β-unsaturated/α-hetero) is 1. The molecular formula is C13H17NO2. The largest absolute Gasteiger partial charge is 0.488 e. The van der Waals surface area contributed by atoms with E-state index in [2.05, 4.69) is 11.9 Å². The van der Waals surface area contributed by atoms with Gasteiger partial charge in [0.25, 0.3) is 0 Å². The lowest BCUT2D eigenvalue weighted by molar-refractivity contribution is -0.116. The van der Waals surface area contributed by atoms with Crippen molar-refractivity contribution in [3.05, 3.63) is 29.8 Å². The molecule has 0 N–H and O–H groups in total. The number of hydrogen-bond acceptors (Lipinski definition) is 3. The molecule has 0 amide bonds. The summed E-state index contributed by atoms with van der Waals surface area (Å²) in [5.74, 6) is 1.05. The third kappa shape index (κ3) is 2.83. The van der Waals surface area contributed by atoms with Crippen LogP contribution in [0, 0.1) is 0 Å². The Balaban J connectivity index is 1.96. The predicted molar refractivity (Wildman–Crippen MR) is 62.7 cm³/mol. The van der Waals surface area contributed by atoms with Crippen molar-refractivity contribution >= 4 is 5.78 Å². The van der Waals surface area contributed by atoms with Gasteiger partial charge in [-0.2, -0.15) is 0 Å². The molecule has 1 aromatic rings. The summed E-state index contributed by atoms with van der Waals surface area (Å²) in [7, 11) is 2.08. The molecule has 0 aliphatic carbocycles. The van der Waals surface area contributed by atoms with Crippen LogP contribution in [0.4, 0.5) is 0 Å². The van der Waals surface area contributed by atoms with Gasteiger partial charge < -0.3 is 4.74 Å². The zero-order valence-electron chi connectivity index (χ0n) is 9.77. The summed E-state index contributed by atoms with van der Waals surface area (Å²) in [6.45, 7) is 3.57. The number of ether oxygens (including phenoxy) is 1. The molecule has 16 heavy (non-hydrogen) atoms. The second kappa shape index (κ2) is 4.66. The van der Waals surface area contributed by atoms with Gasteiger partial charge in [-0.1, -0.05) is 12.1 Å². The molecule has 1 heterocycles. The van der Waals surface area contributed by atoms with E-state index in [-0.39, 0.29) is 5.78 Å². The van der Waals surface area contributed by atoms with Crippen LogP contribution >= 0.6 is 0 Å². The minimum Gasteiger partial charge on any atom is -0.488 e. The van der Waals surface area contributed by atoms with E-state index in [0.29, 0.717) is 12.5 Å². The van der Waals surface area contributed by atoms with Crippen molar-refractivity contribution in [3.63, 3.8) is 0 Å². The standard InChI is InChI=1S/C13H17NO2/c1-10(15)6-11-4-3-5-12(7-11)16-13-8-14(2)9-13/h3-5,7,13H,6,8-9H2,1-2H3. The molecule has 0 spiro atoms. The number of hydrogen-bond donors (Lipinski definition) is 0. The number of ketones is 1. The Morgan fingerprint density at radius 3 is 2.88 bits per heavy atom. The Kier molecular flexibility index (Phi) is 3.25. The van der Waals surface area contributed by atoms with Crippen LogP contribution < -0.4 is 4.74 Å². The van der Waals surface area contributed by atoms with Crippen LogP contribution in [0.3, 0.4) is 0 Å². The van der Waals surface area contributed by atoms with Crippen molar-refractivity contribution in [1.82, 2.24) is 4.90 Å². The zero-order chi connectivity index (χ0) is 11.5. The van der Waals surface area contributed by atoms with E-state index in [1.165, 1.54) is 0 Å². The first-order chi connectivity index (χ1) is 7.63. The monoisotopic (exact) mass is 219 g/mol. The van der Waals surface area contributed by atoms with Gasteiger partial charge >= 0.3 is 0 Å². The van der Waals surface area contributed by atoms with Gasteiger partial charge in [-0.25, -0.2) is 0 Å². The lowest BCUT2D eigenvalue weighted by atomic mass is 10.1. The third-order valence-corrected chi connectivity index (χ3v) is 2.68. The summed E-state index contributed by atoms with van der Waals surface area (Å²) in [5, 5.41) is 0. The molecule has 1 aromatic carbocycles. The van der Waals surface area contributed by atoms with Crippen molar-refractivity contribution < 1.29 is 9.53 Å². The van der Waals surface area contributed by atoms with Crippen molar-refractivity contribution in [1.29, 1.82) is 0 Å². The molecule has 3 heteroatoms. The molecule has 0 aromatic heterocycles. The van der Waals surface area contributed by atoms with Gasteiger partial charge in [-0.15, -0.1) is 0 Å². The number of nitrogens with zero attached hydrogens (tertiary/aromatic N) is 1.